The SMILES string of the molecule is C[C@H]1[C@H](C)CCC[C@@H]1NC(=O)[C@@H]1N(Cc2ccc(F)cc2)C(=O)[C@H]2[C@H](C(=O)Nc3cccc(Cl)c3)[C@H]3C=C[C@@]12O3. The molecular weight excluding hydrogens is 533 g/mol. The van der Waals surface area contributed by atoms with Crippen molar-refractivity contribution in [2.45, 2.75) is 63.4 Å². The number of nitrogens with zero attached hydrogens (tertiary/aromatic N) is 1. The van der Waals surface area contributed by atoms with Crippen molar-refractivity contribution in [1.82, 2.24) is 10.2 Å². The number of hydrogen-bond donors (Lipinski definition) is 2. The van der Waals surface area contributed by atoms with Crippen LogP contribution in [0.25, 0.3) is 0 Å². The Kier molecular flexibility index (Phi) is 6.95. The Labute approximate surface area is 238 Å². The van der Waals surface area contributed by atoms with Gasteiger partial charge in [-0.3, -0.25) is 14.4 Å². The Bertz CT molecular complexity index is 1370. The molecule has 1 spiro atoms. The number of anilines is 1. The van der Waals surface area contributed by atoms with Gasteiger partial charge in [0.25, 0.3) is 0 Å². The summed E-state index contributed by atoms with van der Waals surface area (Å²) in [4.78, 5) is 43.4. The molecule has 2 aromatic rings. The zero-order valence-corrected chi connectivity index (χ0v) is 23.2. The smallest absolute Gasteiger partial charge is 0.246 e. The Morgan fingerprint density at radius 3 is 2.65 bits per heavy atom. The molecule has 7 nitrogen and oxygen atoms in total. The molecule has 2 bridgehead atoms. The van der Waals surface area contributed by atoms with E-state index < -0.39 is 29.6 Å². The van der Waals surface area contributed by atoms with Gasteiger partial charge in [-0.05, 0) is 54.2 Å². The summed E-state index contributed by atoms with van der Waals surface area (Å²) < 4.78 is 20.1. The highest BCUT2D eigenvalue weighted by atomic mass is 35.5. The van der Waals surface area contributed by atoms with Crippen LogP contribution in [0.1, 0.15) is 38.7 Å². The normalized spacial score (nSPS) is 34.1. The van der Waals surface area contributed by atoms with E-state index in [9.17, 15) is 18.8 Å². The molecule has 8 atom stereocenters. The van der Waals surface area contributed by atoms with Crippen LogP contribution in [0.3, 0.4) is 0 Å². The molecule has 40 heavy (non-hydrogen) atoms. The molecule has 1 aliphatic carbocycles. The monoisotopic (exact) mass is 565 g/mol. The van der Waals surface area contributed by atoms with Gasteiger partial charge < -0.3 is 20.3 Å². The summed E-state index contributed by atoms with van der Waals surface area (Å²) in [5.74, 6) is -2.29. The summed E-state index contributed by atoms with van der Waals surface area (Å²) in [6.45, 7) is 4.45. The first kappa shape index (κ1) is 27.0. The summed E-state index contributed by atoms with van der Waals surface area (Å²) in [6, 6.07) is 11.7. The molecule has 0 aromatic heterocycles. The fourth-order valence-corrected chi connectivity index (χ4v) is 7.25. The molecule has 2 N–H and O–H groups in total. The van der Waals surface area contributed by atoms with Gasteiger partial charge in [-0.2, -0.15) is 0 Å². The van der Waals surface area contributed by atoms with Crippen molar-refractivity contribution < 1.29 is 23.5 Å². The van der Waals surface area contributed by atoms with E-state index in [2.05, 4.69) is 24.5 Å². The molecule has 3 heterocycles. The highest BCUT2D eigenvalue weighted by Gasteiger charge is 2.72. The van der Waals surface area contributed by atoms with Crippen molar-refractivity contribution in [3.8, 4) is 0 Å². The minimum Gasteiger partial charge on any atom is -0.359 e. The molecule has 210 valence electrons. The van der Waals surface area contributed by atoms with E-state index in [1.165, 1.54) is 17.0 Å². The number of carbonyl (C=O) groups is 3. The molecule has 3 fully saturated rings. The van der Waals surface area contributed by atoms with Gasteiger partial charge in [0, 0.05) is 23.3 Å². The van der Waals surface area contributed by atoms with Crippen LogP contribution < -0.4 is 10.6 Å². The van der Waals surface area contributed by atoms with E-state index in [0.29, 0.717) is 28.1 Å². The largest absolute Gasteiger partial charge is 0.359 e. The molecule has 1 saturated carbocycles. The van der Waals surface area contributed by atoms with Crippen molar-refractivity contribution in [2.24, 2.45) is 23.7 Å². The molecular formula is C31H33ClFN3O4. The van der Waals surface area contributed by atoms with Crippen molar-refractivity contribution in [3.05, 3.63) is 77.1 Å². The minimum absolute atomic E-state index is 0.0148. The molecule has 3 aliphatic heterocycles. The summed E-state index contributed by atoms with van der Waals surface area (Å²) >= 11 is 6.11. The number of carbonyl (C=O) groups excluding carboxylic acids is 3. The standard InChI is InChI=1S/C31H33ClFN3O4/c1-17-5-3-8-23(18(17)2)35-29(38)27-31-14-13-24(40-31)25(28(37)34-22-7-4-6-20(32)15-22)26(31)30(39)36(27)16-19-9-11-21(33)12-10-19/h4,6-7,9-15,17-18,23-27H,3,5,8,16H2,1-2H3,(H,34,37)(H,35,38)/t17-,18+,23+,24-,25-,26-,27+,31+/m1/s1. The van der Waals surface area contributed by atoms with Gasteiger partial charge in [-0.1, -0.05) is 68.6 Å². The van der Waals surface area contributed by atoms with E-state index in [0.717, 1.165) is 19.3 Å². The van der Waals surface area contributed by atoms with E-state index in [-0.39, 0.29) is 36.1 Å². The lowest BCUT2D eigenvalue weighted by Crippen LogP contribution is -2.57. The Morgan fingerprint density at radius 2 is 1.90 bits per heavy atom. The van der Waals surface area contributed by atoms with Crippen LogP contribution in [0.2, 0.25) is 5.02 Å². The Morgan fingerprint density at radius 1 is 1.12 bits per heavy atom. The van der Waals surface area contributed by atoms with Gasteiger partial charge in [-0.15, -0.1) is 0 Å². The highest BCUT2D eigenvalue weighted by molar-refractivity contribution is 6.30. The fraction of sp³-hybridized carbons (Fsp3) is 0.452. The third kappa shape index (κ3) is 4.51. The number of benzene rings is 2. The maximum atomic E-state index is 14.1. The minimum atomic E-state index is -1.27. The number of hydrogen-bond acceptors (Lipinski definition) is 4. The molecule has 2 aromatic carbocycles. The quantitative estimate of drug-likeness (QED) is 0.497. The summed E-state index contributed by atoms with van der Waals surface area (Å²) in [5.41, 5.74) is -0.0743. The maximum Gasteiger partial charge on any atom is 0.246 e. The van der Waals surface area contributed by atoms with Crippen molar-refractivity contribution in [2.75, 3.05) is 5.32 Å². The van der Waals surface area contributed by atoms with Gasteiger partial charge in [-0.25, -0.2) is 4.39 Å². The number of nitrogens with one attached hydrogen (secondary N) is 2. The second-order valence-electron chi connectivity index (χ2n) is 11.7. The molecule has 4 aliphatic rings. The Balaban J connectivity index is 1.33. The molecule has 9 heteroatoms. The zero-order valence-electron chi connectivity index (χ0n) is 22.5. The average Bonchev–Trinajstić information content (AvgIpc) is 3.55. The van der Waals surface area contributed by atoms with E-state index in [4.69, 9.17) is 16.3 Å². The van der Waals surface area contributed by atoms with E-state index >= 15 is 0 Å². The lowest BCUT2D eigenvalue weighted by Gasteiger charge is -2.38. The van der Waals surface area contributed by atoms with Crippen LogP contribution in [-0.4, -0.2) is 46.4 Å². The number of halogens is 2. The first-order valence-electron chi connectivity index (χ1n) is 14.0. The second kappa shape index (κ2) is 10.3. The van der Waals surface area contributed by atoms with Crippen molar-refractivity contribution in [3.63, 3.8) is 0 Å². The van der Waals surface area contributed by atoms with Crippen LogP contribution in [0.4, 0.5) is 10.1 Å². The summed E-state index contributed by atoms with van der Waals surface area (Å²) in [5, 5.41) is 6.60. The number of amides is 3. The number of rotatable bonds is 6. The van der Waals surface area contributed by atoms with E-state index in [1.54, 1.807) is 48.6 Å². The van der Waals surface area contributed by atoms with Gasteiger partial charge in [0.1, 0.15) is 17.5 Å². The summed E-state index contributed by atoms with van der Waals surface area (Å²) in [6.07, 6.45) is 5.97. The zero-order chi connectivity index (χ0) is 28.2. The van der Waals surface area contributed by atoms with Gasteiger partial charge in [0.2, 0.25) is 17.7 Å². The fourth-order valence-electron chi connectivity index (χ4n) is 7.06. The lowest BCUT2D eigenvalue weighted by molar-refractivity contribution is -0.142. The van der Waals surface area contributed by atoms with Crippen LogP contribution >= 0.6 is 11.6 Å². The van der Waals surface area contributed by atoms with Crippen LogP contribution in [0.5, 0.6) is 0 Å². The topological polar surface area (TPSA) is 87.7 Å². The predicted molar refractivity (Wildman–Crippen MR) is 149 cm³/mol. The van der Waals surface area contributed by atoms with Gasteiger partial charge >= 0.3 is 0 Å². The molecule has 6 rings (SSSR count). The second-order valence-corrected chi connectivity index (χ2v) is 12.1. The van der Waals surface area contributed by atoms with Crippen LogP contribution in [0.15, 0.2) is 60.7 Å². The van der Waals surface area contributed by atoms with Crippen LogP contribution in [0, 0.1) is 29.5 Å². The average molecular weight is 566 g/mol. The number of fused-ring (bicyclic) bond motifs is 1. The van der Waals surface area contributed by atoms with E-state index in [1.807, 2.05) is 0 Å². The molecule has 0 unspecified atom stereocenters. The van der Waals surface area contributed by atoms with Crippen molar-refractivity contribution in [1.29, 1.82) is 0 Å². The predicted octanol–water partition coefficient (Wildman–Crippen LogP) is 4.71. The first-order valence-corrected chi connectivity index (χ1v) is 14.3. The lowest BCUT2D eigenvalue weighted by atomic mass is 9.73. The maximum absolute atomic E-state index is 14.1. The molecule has 2 saturated heterocycles. The molecule has 3 amide bonds. The number of likely N-dealkylation sites (tertiary alicyclic amines) is 1. The number of ether oxygens (including phenoxy) is 1. The van der Waals surface area contributed by atoms with Crippen molar-refractivity contribution >= 4 is 35.0 Å². The van der Waals surface area contributed by atoms with Gasteiger partial charge in [0.15, 0.2) is 0 Å². The van der Waals surface area contributed by atoms with Crippen LogP contribution in [-0.2, 0) is 25.7 Å². The first-order chi connectivity index (χ1) is 19.2. The van der Waals surface area contributed by atoms with Gasteiger partial charge in [0.05, 0.1) is 17.9 Å². The third-order valence-electron chi connectivity index (χ3n) is 9.32. The third-order valence-corrected chi connectivity index (χ3v) is 9.55. The highest BCUT2D eigenvalue weighted by Crippen LogP contribution is 2.55. The molecule has 0 radical (unpaired) electrons. The summed E-state index contributed by atoms with van der Waals surface area (Å²) in [7, 11) is 0. The Hall–Kier alpha value is -3.23.